The fraction of sp³-hybridized carbons (Fsp3) is 0.304. The van der Waals surface area contributed by atoms with Gasteiger partial charge in [-0.2, -0.15) is 5.10 Å². The Balaban J connectivity index is 1.34. The Morgan fingerprint density at radius 3 is 2.50 bits per heavy atom. The molecule has 154 valence electrons. The van der Waals surface area contributed by atoms with Crippen molar-refractivity contribution in [2.75, 3.05) is 18.4 Å². The number of anilines is 1. The van der Waals surface area contributed by atoms with E-state index in [4.69, 9.17) is 0 Å². The van der Waals surface area contributed by atoms with Crippen molar-refractivity contribution in [2.45, 2.75) is 26.7 Å². The summed E-state index contributed by atoms with van der Waals surface area (Å²) < 4.78 is 0. The number of aryl methyl sites for hydroxylation is 2. The van der Waals surface area contributed by atoms with Gasteiger partial charge >= 0.3 is 0 Å². The monoisotopic (exact) mass is 403 g/mol. The van der Waals surface area contributed by atoms with Gasteiger partial charge in [-0.15, -0.1) is 0 Å². The quantitative estimate of drug-likeness (QED) is 0.697. The third kappa shape index (κ3) is 4.25. The first-order valence-electron chi connectivity index (χ1n) is 10.1. The van der Waals surface area contributed by atoms with E-state index in [2.05, 4.69) is 26.6 Å². The number of aromatic amines is 1. The van der Waals surface area contributed by atoms with Crippen LogP contribution in [0.2, 0.25) is 0 Å². The summed E-state index contributed by atoms with van der Waals surface area (Å²) >= 11 is 0. The standard InChI is InChI=1S/C23H25N5O2/c1-15-3-4-19(16(2)13-15)25-22(29)18-7-11-28(12-8-18)23(30)21-14-20(26-27-21)17-5-9-24-10-6-17/h3-6,9-10,13-14,18H,7-8,11-12H2,1-2H3,(H,25,29)(H,26,27). The lowest BCUT2D eigenvalue weighted by atomic mass is 9.95. The number of carbonyl (C=O) groups is 2. The Morgan fingerprint density at radius 2 is 1.80 bits per heavy atom. The highest BCUT2D eigenvalue weighted by atomic mass is 16.2. The van der Waals surface area contributed by atoms with Crippen LogP contribution in [0.1, 0.15) is 34.5 Å². The van der Waals surface area contributed by atoms with E-state index in [-0.39, 0.29) is 17.7 Å². The molecule has 1 aliphatic heterocycles. The van der Waals surface area contributed by atoms with E-state index in [0.717, 1.165) is 16.8 Å². The molecule has 2 N–H and O–H groups in total. The van der Waals surface area contributed by atoms with Crippen molar-refractivity contribution < 1.29 is 9.59 Å². The van der Waals surface area contributed by atoms with Crippen LogP contribution in [0.3, 0.4) is 0 Å². The maximum atomic E-state index is 12.8. The number of piperidine rings is 1. The number of carbonyl (C=O) groups excluding carboxylic acids is 2. The molecule has 1 fully saturated rings. The van der Waals surface area contributed by atoms with Gasteiger partial charge in [0, 0.05) is 42.7 Å². The van der Waals surface area contributed by atoms with Crippen LogP contribution in [-0.4, -0.2) is 45.0 Å². The predicted octanol–water partition coefficient (Wildman–Crippen LogP) is 3.58. The number of H-pyrrole nitrogens is 1. The summed E-state index contributed by atoms with van der Waals surface area (Å²) in [5, 5.41) is 10.1. The maximum Gasteiger partial charge on any atom is 0.271 e. The molecule has 0 radical (unpaired) electrons. The Bertz CT molecular complexity index is 1050. The Hall–Kier alpha value is -3.48. The minimum absolute atomic E-state index is 0.0237. The van der Waals surface area contributed by atoms with Crippen LogP contribution in [0, 0.1) is 19.8 Å². The van der Waals surface area contributed by atoms with Crippen LogP contribution >= 0.6 is 0 Å². The molecule has 1 aromatic carbocycles. The summed E-state index contributed by atoms with van der Waals surface area (Å²) in [4.78, 5) is 31.3. The molecule has 0 aliphatic carbocycles. The van der Waals surface area contributed by atoms with Gasteiger partial charge < -0.3 is 10.2 Å². The molecule has 2 aromatic heterocycles. The largest absolute Gasteiger partial charge is 0.337 e. The summed E-state index contributed by atoms with van der Waals surface area (Å²) in [7, 11) is 0. The molecule has 0 atom stereocenters. The first kappa shape index (κ1) is 19.8. The highest BCUT2D eigenvalue weighted by Gasteiger charge is 2.28. The minimum Gasteiger partial charge on any atom is -0.337 e. The van der Waals surface area contributed by atoms with Crippen LogP contribution in [0.25, 0.3) is 11.3 Å². The molecule has 0 spiro atoms. The van der Waals surface area contributed by atoms with E-state index in [1.54, 1.807) is 23.4 Å². The molecule has 1 saturated heterocycles. The number of hydrogen-bond donors (Lipinski definition) is 2. The summed E-state index contributed by atoms with van der Waals surface area (Å²) in [6, 6.07) is 11.5. The van der Waals surface area contributed by atoms with Crippen molar-refractivity contribution >= 4 is 17.5 Å². The van der Waals surface area contributed by atoms with Crippen LogP contribution < -0.4 is 5.32 Å². The Labute approximate surface area is 175 Å². The molecule has 3 aromatic rings. The van der Waals surface area contributed by atoms with Crippen LogP contribution in [0.5, 0.6) is 0 Å². The fourth-order valence-corrected chi connectivity index (χ4v) is 3.81. The molecule has 0 saturated carbocycles. The lowest BCUT2D eigenvalue weighted by molar-refractivity contribution is -0.121. The van der Waals surface area contributed by atoms with Crippen molar-refractivity contribution in [3.8, 4) is 11.3 Å². The number of rotatable bonds is 4. The van der Waals surface area contributed by atoms with Gasteiger partial charge in [0.25, 0.3) is 5.91 Å². The SMILES string of the molecule is Cc1ccc(NC(=O)C2CCN(C(=O)c3cc(-c4ccncc4)n[nH]3)CC2)c(C)c1. The van der Waals surface area contributed by atoms with Gasteiger partial charge in [0.2, 0.25) is 5.91 Å². The Morgan fingerprint density at radius 1 is 1.07 bits per heavy atom. The number of hydrogen-bond acceptors (Lipinski definition) is 4. The first-order chi connectivity index (χ1) is 14.5. The average Bonchev–Trinajstić information content (AvgIpc) is 3.26. The van der Waals surface area contributed by atoms with Gasteiger partial charge in [-0.05, 0) is 56.5 Å². The normalized spacial score (nSPS) is 14.5. The second-order valence-corrected chi connectivity index (χ2v) is 7.78. The van der Waals surface area contributed by atoms with Crippen LogP contribution in [0.15, 0.2) is 48.8 Å². The molecule has 2 amide bonds. The van der Waals surface area contributed by atoms with Gasteiger partial charge in [0.1, 0.15) is 5.69 Å². The van der Waals surface area contributed by atoms with E-state index in [0.29, 0.717) is 37.3 Å². The highest BCUT2D eigenvalue weighted by Crippen LogP contribution is 2.23. The van der Waals surface area contributed by atoms with E-state index in [1.165, 1.54) is 5.56 Å². The second kappa shape index (κ2) is 8.49. The summed E-state index contributed by atoms with van der Waals surface area (Å²) in [5.41, 5.74) is 5.15. The molecule has 1 aliphatic rings. The van der Waals surface area contributed by atoms with Gasteiger partial charge in [0.15, 0.2) is 0 Å². The molecule has 0 unspecified atom stereocenters. The number of nitrogens with one attached hydrogen (secondary N) is 2. The number of amides is 2. The minimum atomic E-state index is -0.0936. The molecule has 30 heavy (non-hydrogen) atoms. The lowest BCUT2D eigenvalue weighted by Gasteiger charge is -2.31. The highest BCUT2D eigenvalue weighted by molar-refractivity contribution is 5.95. The van der Waals surface area contributed by atoms with Gasteiger partial charge in [-0.1, -0.05) is 17.7 Å². The van der Waals surface area contributed by atoms with Crippen molar-refractivity contribution in [3.63, 3.8) is 0 Å². The molecule has 4 rings (SSSR count). The van der Waals surface area contributed by atoms with E-state index in [1.807, 2.05) is 38.1 Å². The first-order valence-corrected chi connectivity index (χ1v) is 10.1. The van der Waals surface area contributed by atoms with Crippen LogP contribution in [0.4, 0.5) is 5.69 Å². The van der Waals surface area contributed by atoms with Crippen molar-refractivity contribution in [2.24, 2.45) is 5.92 Å². The zero-order valence-corrected chi connectivity index (χ0v) is 17.2. The van der Waals surface area contributed by atoms with Crippen molar-refractivity contribution in [1.82, 2.24) is 20.1 Å². The second-order valence-electron chi connectivity index (χ2n) is 7.78. The number of aromatic nitrogens is 3. The maximum absolute atomic E-state index is 12.8. The van der Waals surface area contributed by atoms with Gasteiger partial charge in [-0.25, -0.2) is 0 Å². The van der Waals surface area contributed by atoms with E-state index >= 15 is 0 Å². The Kier molecular flexibility index (Phi) is 5.61. The molecule has 0 bridgehead atoms. The molecule has 7 heteroatoms. The van der Waals surface area contributed by atoms with Gasteiger partial charge in [0.05, 0.1) is 5.69 Å². The van der Waals surface area contributed by atoms with Crippen molar-refractivity contribution in [3.05, 3.63) is 65.6 Å². The zero-order chi connectivity index (χ0) is 21.1. The summed E-state index contributed by atoms with van der Waals surface area (Å²) in [6.07, 6.45) is 4.68. The fourth-order valence-electron chi connectivity index (χ4n) is 3.81. The van der Waals surface area contributed by atoms with Crippen molar-refractivity contribution in [1.29, 1.82) is 0 Å². The third-order valence-corrected chi connectivity index (χ3v) is 5.58. The van der Waals surface area contributed by atoms with Gasteiger partial charge in [-0.3, -0.25) is 19.7 Å². The number of likely N-dealkylation sites (tertiary alicyclic amines) is 1. The summed E-state index contributed by atoms with van der Waals surface area (Å²) in [6.45, 7) is 5.13. The average molecular weight is 403 g/mol. The number of pyridine rings is 1. The van der Waals surface area contributed by atoms with E-state index < -0.39 is 0 Å². The molecule has 7 nitrogen and oxygen atoms in total. The molecule has 3 heterocycles. The zero-order valence-electron chi connectivity index (χ0n) is 17.2. The topological polar surface area (TPSA) is 91.0 Å². The smallest absolute Gasteiger partial charge is 0.271 e. The lowest BCUT2D eigenvalue weighted by Crippen LogP contribution is -2.41. The van der Waals surface area contributed by atoms with E-state index in [9.17, 15) is 9.59 Å². The summed E-state index contributed by atoms with van der Waals surface area (Å²) in [5.74, 6) is -0.157. The predicted molar refractivity (Wildman–Crippen MR) is 115 cm³/mol. The third-order valence-electron chi connectivity index (χ3n) is 5.58. The molecular formula is C23H25N5O2. The van der Waals surface area contributed by atoms with Crippen LogP contribution in [-0.2, 0) is 4.79 Å². The molecular weight excluding hydrogens is 378 g/mol. The number of benzene rings is 1. The number of nitrogens with zero attached hydrogens (tertiary/aromatic N) is 3.